The number of carboxylic acid groups (broad SMARTS) is 1. The molecule has 0 spiro atoms. The third-order valence-electron chi connectivity index (χ3n) is 3.74. The molecule has 0 aromatic heterocycles. The van der Waals surface area contributed by atoms with Crippen LogP contribution in [0.1, 0.15) is 44.9 Å². The van der Waals surface area contributed by atoms with Crippen molar-refractivity contribution in [2.45, 2.75) is 51.0 Å². The number of carbonyl (C=O) groups excluding carboxylic acids is 1. The van der Waals surface area contributed by atoms with Gasteiger partial charge in [-0.15, -0.1) is 0 Å². The smallest absolute Gasteiger partial charge is 0.319 e. The standard InChI is InChI=1S/C11H17NO3/c13-9(12-8-4-1-2-5-8)11(10(14)15)6-3-7-11/h8H,1-7H2,(H,12,13)(H,14,15). The SMILES string of the molecule is O=C(O)C1(C(=O)NC2CCCC2)CCC1. The van der Waals surface area contributed by atoms with E-state index in [1.165, 1.54) is 0 Å². The van der Waals surface area contributed by atoms with Crippen molar-refractivity contribution in [2.24, 2.45) is 5.41 Å². The predicted molar refractivity (Wildman–Crippen MR) is 54.3 cm³/mol. The van der Waals surface area contributed by atoms with Gasteiger partial charge in [0.25, 0.3) is 0 Å². The van der Waals surface area contributed by atoms with Gasteiger partial charge in [0.2, 0.25) is 5.91 Å². The van der Waals surface area contributed by atoms with Gasteiger partial charge in [0.1, 0.15) is 5.41 Å². The molecule has 2 aliphatic rings. The Morgan fingerprint density at radius 3 is 2.13 bits per heavy atom. The maximum Gasteiger partial charge on any atom is 0.319 e. The van der Waals surface area contributed by atoms with Gasteiger partial charge in [-0.2, -0.15) is 0 Å². The molecule has 0 bridgehead atoms. The summed E-state index contributed by atoms with van der Waals surface area (Å²) >= 11 is 0. The molecule has 4 heteroatoms. The van der Waals surface area contributed by atoms with E-state index in [4.69, 9.17) is 5.11 Å². The molecule has 2 aliphatic carbocycles. The molecule has 2 saturated carbocycles. The molecule has 0 aromatic carbocycles. The summed E-state index contributed by atoms with van der Waals surface area (Å²) < 4.78 is 0. The zero-order valence-electron chi connectivity index (χ0n) is 8.79. The van der Waals surface area contributed by atoms with E-state index in [2.05, 4.69) is 5.32 Å². The van der Waals surface area contributed by atoms with Crippen LogP contribution in [0.3, 0.4) is 0 Å². The Hall–Kier alpha value is -1.06. The minimum absolute atomic E-state index is 0.217. The summed E-state index contributed by atoms with van der Waals surface area (Å²) in [6, 6.07) is 0.217. The fraction of sp³-hybridized carbons (Fsp3) is 0.818. The lowest BCUT2D eigenvalue weighted by Crippen LogP contribution is -2.53. The second kappa shape index (κ2) is 3.83. The largest absolute Gasteiger partial charge is 0.480 e. The van der Waals surface area contributed by atoms with E-state index in [9.17, 15) is 9.59 Å². The minimum atomic E-state index is -1.09. The second-order valence-electron chi connectivity index (χ2n) is 4.70. The summed E-state index contributed by atoms with van der Waals surface area (Å²) in [6.45, 7) is 0. The molecule has 2 rings (SSSR count). The number of rotatable bonds is 3. The fourth-order valence-corrected chi connectivity index (χ4v) is 2.46. The summed E-state index contributed by atoms with van der Waals surface area (Å²) in [5.74, 6) is -1.21. The average Bonchev–Trinajstić information content (AvgIpc) is 2.53. The van der Waals surface area contributed by atoms with Gasteiger partial charge in [-0.05, 0) is 25.7 Å². The lowest BCUT2D eigenvalue weighted by molar-refractivity contribution is -0.162. The first-order valence-electron chi connectivity index (χ1n) is 5.69. The zero-order chi connectivity index (χ0) is 10.9. The van der Waals surface area contributed by atoms with Crippen LogP contribution in [0.5, 0.6) is 0 Å². The number of amides is 1. The van der Waals surface area contributed by atoms with E-state index in [0.717, 1.165) is 32.1 Å². The van der Waals surface area contributed by atoms with Crippen LogP contribution < -0.4 is 5.32 Å². The quantitative estimate of drug-likeness (QED) is 0.691. The molecule has 1 amide bonds. The van der Waals surface area contributed by atoms with E-state index in [-0.39, 0.29) is 11.9 Å². The highest BCUT2D eigenvalue weighted by atomic mass is 16.4. The molecule has 4 nitrogen and oxygen atoms in total. The molecule has 0 unspecified atom stereocenters. The predicted octanol–water partition coefficient (Wildman–Crippen LogP) is 1.30. The van der Waals surface area contributed by atoms with Gasteiger partial charge in [0.05, 0.1) is 0 Å². The third-order valence-corrected chi connectivity index (χ3v) is 3.74. The normalized spacial score (nSPS) is 24.5. The van der Waals surface area contributed by atoms with Gasteiger partial charge in [-0.25, -0.2) is 0 Å². The van der Waals surface area contributed by atoms with Gasteiger partial charge in [-0.1, -0.05) is 19.3 Å². The summed E-state index contributed by atoms with van der Waals surface area (Å²) in [6.07, 6.45) is 6.14. The fourth-order valence-electron chi connectivity index (χ4n) is 2.46. The molecular weight excluding hydrogens is 194 g/mol. The van der Waals surface area contributed by atoms with Gasteiger partial charge < -0.3 is 10.4 Å². The van der Waals surface area contributed by atoms with Crippen molar-refractivity contribution in [1.82, 2.24) is 5.32 Å². The van der Waals surface area contributed by atoms with Crippen molar-refractivity contribution in [3.05, 3.63) is 0 Å². The van der Waals surface area contributed by atoms with Crippen LogP contribution in [0.25, 0.3) is 0 Å². The first-order chi connectivity index (χ1) is 7.15. The summed E-state index contributed by atoms with van der Waals surface area (Å²) in [5, 5.41) is 12.0. The summed E-state index contributed by atoms with van der Waals surface area (Å²) in [4.78, 5) is 22.9. The molecule has 15 heavy (non-hydrogen) atoms. The Morgan fingerprint density at radius 1 is 1.13 bits per heavy atom. The van der Waals surface area contributed by atoms with Crippen molar-refractivity contribution >= 4 is 11.9 Å². The van der Waals surface area contributed by atoms with Gasteiger partial charge in [-0.3, -0.25) is 9.59 Å². The van der Waals surface area contributed by atoms with Crippen LogP contribution in [-0.2, 0) is 9.59 Å². The lowest BCUT2D eigenvalue weighted by atomic mass is 9.68. The van der Waals surface area contributed by atoms with E-state index < -0.39 is 11.4 Å². The number of nitrogens with one attached hydrogen (secondary N) is 1. The molecule has 0 aromatic rings. The Labute approximate surface area is 89.0 Å². The molecule has 0 heterocycles. The van der Waals surface area contributed by atoms with Crippen molar-refractivity contribution in [2.75, 3.05) is 0 Å². The Kier molecular flexibility index (Phi) is 2.67. The molecule has 0 saturated heterocycles. The van der Waals surface area contributed by atoms with Crippen molar-refractivity contribution in [1.29, 1.82) is 0 Å². The second-order valence-corrected chi connectivity index (χ2v) is 4.70. The lowest BCUT2D eigenvalue weighted by Gasteiger charge is -2.36. The van der Waals surface area contributed by atoms with Crippen LogP contribution in [0, 0.1) is 5.41 Å². The summed E-state index contributed by atoms with van der Waals surface area (Å²) in [7, 11) is 0. The Balaban J connectivity index is 1.96. The Morgan fingerprint density at radius 2 is 1.73 bits per heavy atom. The Bertz CT molecular complexity index is 278. The van der Waals surface area contributed by atoms with Crippen molar-refractivity contribution in [3.8, 4) is 0 Å². The van der Waals surface area contributed by atoms with E-state index in [1.54, 1.807) is 0 Å². The molecule has 84 valence electrons. The number of carbonyl (C=O) groups is 2. The number of hydrogen-bond donors (Lipinski definition) is 2. The number of hydrogen-bond acceptors (Lipinski definition) is 2. The van der Waals surface area contributed by atoms with Crippen LogP contribution in [0.2, 0.25) is 0 Å². The molecule has 2 N–H and O–H groups in total. The highest BCUT2D eigenvalue weighted by Gasteiger charge is 2.51. The average molecular weight is 211 g/mol. The van der Waals surface area contributed by atoms with Crippen LogP contribution in [0.15, 0.2) is 0 Å². The number of carboxylic acids is 1. The van der Waals surface area contributed by atoms with Crippen LogP contribution in [0.4, 0.5) is 0 Å². The molecular formula is C11H17NO3. The highest BCUT2D eigenvalue weighted by Crippen LogP contribution is 2.41. The molecule has 2 fully saturated rings. The van der Waals surface area contributed by atoms with E-state index in [1.807, 2.05) is 0 Å². The highest BCUT2D eigenvalue weighted by molar-refractivity contribution is 6.02. The maximum absolute atomic E-state index is 11.9. The first kappa shape index (κ1) is 10.5. The van der Waals surface area contributed by atoms with E-state index >= 15 is 0 Å². The topological polar surface area (TPSA) is 66.4 Å². The molecule has 0 atom stereocenters. The third kappa shape index (κ3) is 1.73. The monoisotopic (exact) mass is 211 g/mol. The van der Waals surface area contributed by atoms with E-state index in [0.29, 0.717) is 12.8 Å². The van der Waals surface area contributed by atoms with Crippen molar-refractivity contribution < 1.29 is 14.7 Å². The maximum atomic E-state index is 11.9. The zero-order valence-corrected chi connectivity index (χ0v) is 8.79. The summed E-state index contributed by atoms with van der Waals surface area (Å²) in [5.41, 5.74) is -1.09. The van der Waals surface area contributed by atoms with Gasteiger partial charge in [0.15, 0.2) is 0 Å². The van der Waals surface area contributed by atoms with Crippen LogP contribution in [-0.4, -0.2) is 23.0 Å². The minimum Gasteiger partial charge on any atom is -0.480 e. The van der Waals surface area contributed by atoms with Gasteiger partial charge in [0, 0.05) is 6.04 Å². The molecule has 0 radical (unpaired) electrons. The molecule has 0 aliphatic heterocycles. The first-order valence-corrected chi connectivity index (χ1v) is 5.69. The van der Waals surface area contributed by atoms with Crippen LogP contribution >= 0.6 is 0 Å². The van der Waals surface area contributed by atoms with Crippen molar-refractivity contribution in [3.63, 3.8) is 0 Å². The number of aliphatic carboxylic acids is 1. The van der Waals surface area contributed by atoms with Gasteiger partial charge >= 0.3 is 5.97 Å².